The molecule has 1 aliphatic rings. The lowest BCUT2D eigenvalue weighted by Crippen LogP contribution is -2.41. The van der Waals surface area contributed by atoms with E-state index in [9.17, 15) is 0 Å². The van der Waals surface area contributed by atoms with Gasteiger partial charge in [0.1, 0.15) is 10.8 Å². The highest BCUT2D eigenvalue weighted by Crippen LogP contribution is 2.17. The Balaban J connectivity index is 1.54. The zero-order valence-electron chi connectivity index (χ0n) is 14.9. The maximum absolute atomic E-state index is 5.68. The topological polar surface area (TPSA) is 71.7 Å². The molecule has 7 heteroatoms. The number of aliphatic imine (C=N–C) groups is 1. The van der Waals surface area contributed by atoms with Gasteiger partial charge in [-0.3, -0.25) is 0 Å². The van der Waals surface area contributed by atoms with Crippen LogP contribution in [0.4, 0.5) is 0 Å². The Morgan fingerprint density at radius 2 is 2.32 bits per heavy atom. The lowest BCUT2D eigenvalue weighted by molar-refractivity contribution is 0.114. The quantitative estimate of drug-likeness (QED) is 0.585. The maximum Gasteiger partial charge on any atom is 0.191 e. The summed E-state index contributed by atoms with van der Waals surface area (Å²) in [7, 11) is 0. The minimum Gasteiger partial charge on any atom is -0.469 e. The fourth-order valence-corrected chi connectivity index (χ4v) is 3.56. The fourth-order valence-electron chi connectivity index (χ4n) is 2.70. The molecule has 1 unspecified atom stereocenters. The number of nitrogens with zero attached hydrogens (tertiary/aromatic N) is 2. The smallest absolute Gasteiger partial charge is 0.191 e. The van der Waals surface area contributed by atoms with Crippen molar-refractivity contribution in [3.05, 3.63) is 39.7 Å². The number of nitrogens with one attached hydrogen (secondary N) is 2. The lowest BCUT2D eigenvalue weighted by atomic mass is 10.2. The van der Waals surface area contributed by atoms with Crippen LogP contribution in [0.2, 0.25) is 0 Å². The van der Waals surface area contributed by atoms with E-state index in [-0.39, 0.29) is 6.10 Å². The number of furan rings is 1. The number of aromatic nitrogens is 1. The summed E-state index contributed by atoms with van der Waals surface area (Å²) in [4.78, 5) is 10.5. The van der Waals surface area contributed by atoms with Crippen LogP contribution in [0.15, 0.2) is 27.8 Å². The van der Waals surface area contributed by atoms with Crippen molar-refractivity contribution in [2.24, 2.45) is 4.99 Å². The molecule has 2 aromatic rings. The molecule has 1 aliphatic heterocycles. The van der Waals surface area contributed by atoms with Crippen LogP contribution < -0.4 is 10.6 Å². The summed E-state index contributed by atoms with van der Waals surface area (Å²) in [5, 5.41) is 7.81. The van der Waals surface area contributed by atoms with Crippen LogP contribution in [0.1, 0.15) is 34.2 Å². The molecule has 1 fully saturated rings. The average Bonchev–Trinajstić information content (AvgIpc) is 3.34. The van der Waals surface area contributed by atoms with E-state index in [1.165, 1.54) is 4.88 Å². The number of hydrogen-bond acceptors (Lipinski definition) is 5. The molecule has 25 heavy (non-hydrogen) atoms. The van der Waals surface area contributed by atoms with Crippen molar-refractivity contribution in [1.29, 1.82) is 0 Å². The van der Waals surface area contributed by atoms with Gasteiger partial charge in [-0.2, -0.15) is 0 Å². The van der Waals surface area contributed by atoms with Crippen LogP contribution >= 0.6 is 11.3 Å². The first-order valence-corrected chi connectivity index (χ1v) is 9.61. The second-order valence-electron chi connectivity index (χ2n) is 6.19. The lowest BCUT2D eigenvalue weighted by Gasteiger charge is -2.15. The van der Waals surface area contributed by atoms with Gasteiger partial charge < -0.3 is 19.8 Å². The van der Waals surface area contributed by atoms with Gasteiger partial charge in [-0.25, -0.2) is 9.98 Å². The first-order valence-electron chi connectivity index (χ1n) is 8.80. The SMILES string of the molecule is Cc1nc(CN=C(NCCc2ccco2)NCC2CCCO2)sc1C. The Kier molecular flexibility index (Phi) is 6.47. The molecule has 2 N–H and O–H groups in total. The third kappa shape index (κ3) is 5.57. The molecule has 136 valence electrons. The van der Waals surface area contributed by atoms with Gasteiger partial charge in [-0.1, -0.05) is 0 Å². The summed E-state index contributed by atoms with van der Waals surface area (Å²) in [6.07, 6.45) is 5.05. The van der Waals surface area contributed by atoms with Gasteiger partial charge in [-0.15, -0.1) is 11.3 Å². The number of ether oxygens (including phenoxy) is 1. The van der Waals surface area contributed by atoms with Crippen LogP contribution in [0.5, 0.6) is 0 Å². The summed E-state index contributed by atoms with van der Waals surface area (Å²) in [6.45, 7) is 7.13. The summed E-state index contributed by atoms with van der Waals surface area (Å²) in [5.74, 6) is 1.77. The molecule has 1 atom stereocenters. The minimum absolute atomic E-state index is 0.279. The Bertz CT molecular complexity index is 656. The summed E-state index contributed by atoms with van der Waals surface area (Å²) >= 11 is 1.71. The largest absolute Gasteiger partial charge is 0.469 e. The van der Waals surface area contributed by atoms with Crippen molar-refractivity contribution in [1.82, 2.24) is 15.6 Å². The standard InChI is InChI=1S/C18H26N4O2S/c1-13-14(2)25-17(22-13)12-21-18(20-11-16-6-4-10-24-16)19-8-7-15-5-3-9-23-15/h3,5,9,16H,4,6-8,10-12H2,1-2H3,(H2,19,20,21). The Morgan fingerprint density at radius 1 is 1.40 bits per heavy atom. The van der Waals surface area contributed by atoms with Crippen molar-refractivity contribution in [3.8, 4) is 0 Å². The highest BCUT2D eigenvalue weighted by molar-refractivity contribution is 7.11. The Morgan fingerprint density at radius 3 is 3.00 bits per heavy atom. The highest BCUT2D eigenvalue weighted by atomic mass is 32.1. The van der Waals surface area contributed by atoms with E-state index in [1.807, 2.05) is 19.1 Å². The maximum atomic E-state index is 5.68. The van der Waals surface area contributed by atoms with Crippen LogP contribution in [0, 0.1) is 13.8 Å². The number of rotatable bonds is 7. The van der Waals surface area contributed by atoms with Gasteiger partial charge in [0.15, 0.2) is 5.96 Å². The molecule has 2 aromatic heterocycles. The van der Waals surface area contributed by atoms with Crippen molar-refractivity contribution in [2.75, 3.05) is 19.7 Å². The summed E-state index contributed by atoms with van der Waals surface area (Å²) in [5.41, 5.74) is 1.09. The molecular weight excluding hydrogens is 336 g/mol. The molecule has 0 spiro atoms. The molecule has 6 nitrogen and oxygen atoms in total. The average molecular weight is 362 g/mol. The number of hydrogen-bond donors (Lipinski definition) is 2. The first kappa shape index (κ1) is 17.9. The zero-order valence-corrected chi connectivity index (χ0v) is 15.7. The van der Waals surface area contributed by atoms with Gasteiger partial charge in [0, 0.05) is 31.0 Å². The molecule has 0 amide bonds. The molecule has 3 heterocycles. The number of aryl methyl sites for hydroxylation is 2. The minimum atomic E-state index is 0.279. The Labute approximate surface area is 152 Å². The third-order valence-electron chi connectivity index (χ3n) is 4.21. The van der Waals surface area contributed by atoms with Gasteiger partial charge >= 0.3 is 0 Å². The molecule has 3 rings (SSSR count). The molecule has 1 saturated heterocycles. The van der Waals surface area contributed by atoms with E-state index < -0.39 is 0 Å². The number of thiazole rings is 1. The van der Waals surface area contributed by atoms with E-state index in [4.69, 9.17) is 9.15 Å². The molecule has 0 saturated carbocycles. The van der Waals surface area contributed by atoms with Crippen molar-refractivity contribution < 1.29 is 9.15 Å². The summed E-state index contributed by atoms with van der Waals surface area (Å²) < 4.78 is 11.1. The van der Waals surface area contributed by atoms with Crippen LogP contribution in [0.3, 0.4) is 0 Å². The van der Waals surface area contributed by atoms with Gasteiger partial charge in [0.25, 0.3) is 0 Å². The molecule has 0 aliphatic carbocycles. The van der Waals surface area contributed by atoms with E-state index in [2.05, 4.69) is 27.5 Å². The summed E-state index contributed by atoms with van der Waals surface area (Å²) in [6, 6.07) is 3.90. The van der Waals surface area contributed by atoms with Crippen LogP contribution in [0.25, 0.3) is 0 Å². The predicted molar refractivity (Wildman–Crippen MR) is 100 cm³/mol. The van der Waals surface area contributed by atoms with Gasteiger partial charge in [0.05, 0.1) is 24.6 Å². The zero-order chi connectivity index (χ0) is 17.5. The normalized spacial score (nSPS) is 17.8. The van der Waals surface area contributed by atoms with Gasteiger partial charge in [0.2, 0.25) is 0 Å². The molecular formula is C18H26N4O2S. The van der Waals surface area contributed by atoms with E-state index in [1.54, 1.807) is 17.6 Å². The third-order valence-corrected chi connectivity index (χ3v) is 5.27. The van der Waals surface area contributed by atoms with E-state index in [0.717, 1.165) is 61.4 Å². The highest BCUT2D eigenvalue weighted by Gasteiger charge is 2.15. The Hall–Kier alpha value is -1.86. The first-order chi connectivity index (χ1) is 12.2. The fraction of sp³-hybridized carbons (Fsp3) is 0.556. The second kappa shape index (κ2) is 9.01. The van der Waals surface area contributed by atoms with Crippen LogP contribution in [-0.4, -0.2) is 36.7 Å². The van der Waals surface area contributed by atoms with Crippen LogP contribution in [-0.2, 0) is 17.7 Å². The van der Waals surface area contributed by atoms with Crippen molar-refractivity contribution in [3.63, 3.8) is 0 Å². The second-order valence-corrected chi connectivity index (χ2v) is 7.47. The monoisotopic (exact) mass is 362 g/mol. The van der Waals surface area contributed by atoms with Crippen molar-refractivity contribution in [2.45, 2.75) is 45.8 Å². The van der Waals surface area contributed by atoms with E-state index >= 15 is 0 Å². The molecule has 0 aromatic carbocycles. The van der Waals surface area contributed by atoms with Gasteiger partial charge in [-0.05, 0) is 38.8 Å². The molecule has 0 bridgehead atoms. The van der Waals surface area contributed by atoms with Crippen molar-refractivity contribution >= 4 is 17.3 Å². The number of guanidine groups is 1. The molecule has 0 radical (unpaired) electrons. The predicted octanol–water partition coefficient (Wildman–Crippen LogP) is 2.81. The van der Waals surface area contributed by atoms with E-state index in [0.29, 0.717) is 6.54 Å².